The van der Waals surface area contributed by atoms with Gasteiger partial charge in [0.05, 0.1) is 5.69 Å². The molecule has 1 atom stereocenters. The van der Waals surface area contributed by atoms with E-state index in [1.165, 1.54) is 0 Å². The number of rotatable bonds is 2. The number of hydrogen-bond acceptors (Lipinski definition) is 3. The van der Waals surface area contributed by atoms with Gasteiger partial charge in [0.1, 0.15) is 17.4 Å². The second-order valence-electron chi connectivity index (χ2n) is 4.88. The van der Waals surface area contributed by atoms with E-state index in [1.807, 2.05) is 50.4 Å². The SMILES string of the molecule is Cc1cnc(C(N)c2cc3ccccc3o2)c(C)c1. The van der Waals surface area contributed by atoms with Crippen LogP contribution in [-0.4, -0.2) is 4.98 Å². The summed E-state index contributed by atoms with van der Waals surface area (Å²) in [5.74, 6) is 0.751. The Kier molecular flexibility index (Phi) is 2.84. The van der Waals surface area contributed by atoms with Crippen LogP contribution in [0.25, 0.3) is 11.0 Å². The minimum Gasteiger partial charge on any atom is -0.459 e. The first-order valence-electron chi connectivity index (χ1n) is 6.32. The monoisotopic (exact) mass is 252 g/mol. The molecule has 0 saturated carbocycles. The molecule has 0 fully saturated rings. The van der Waals surface area contributed by atoms with Crippen LogP contribution in [0.1, 0.15) is 28.6 Å². The fourth-order valence-corrected chi connectivity index (χ4v) is 2.34. The lowest BCUT2D eigenvalue weighted by Gasteiger charge is -2.11. The van der Waals surface area contributed by atoms with Gasteiger partial charge in [0, 0.05) is 11.6 Å². The van der Waals surface area contributed by atoms with Crippen LogP contribution >= 0.6 is 0 Å². The molecule has 2 heterocycles. The first kappa shape index (κ1) is 11.9. The molecule has 0 amide bonds. The van der Waals surface area contributed by atoms with Crippen molar-refractivity contribution in [2.24, 2.45) is 5.73 Å². The van der Waals surface area contributed by atoms with Crippen molar-refractivity contribution >= 4 is 11.0 Å². The van der Waals surface area contributed by atoms with Crippen molar-refractivity contribution in [3.8, 4) is 0 Å². The van der Waals surface area contributed by atoms with Gasteiger partial charge in [0.15, 0.2) is 0 Å². The highest BCUT2D eigenvalue weighted by atomic mass is 16.3. The van der Waals surface area contributed by atoms with Crippen molar-refractivity contribution in [1.29, 1.82) is 0 Å². The summed E-state index contributed by atoms with van der Waals surface area (Å²) in [6.45, 7) is 4.05. The van der Waals surface area contributed by atoms with Gasteiger partial charge in [-0.3, -0.25) is 4.98 Å². The average molecular weight is 252 g/mol. The van der Waals surface area contributed by atoms with Crippen LogP contribution in [0, 0.1) is 13.8 Å². The van der Waals surface area contributed by atoms with Gasteiger partial charge in [-0.1, -0.05) is 24.3 Å². The largest absolute Gasteiger partial charge is 0.459 e. The third-order valence-electron chi connectivity index (χ3n) is 3.30. The summed E-state index contributed by atoms with van der Waals surface area (Å²) in [5.41, 5.74) is 10.2. The number of nitrogens with two attached hydrogens (primary N) is 1. The molecule has 0 aliphatic heterocycles. The summed E-state index contributed by atoms with van der Waals surface area (Å²) in [6.07, 6.45) is 1.84. The quantitative estimate of drug-likeness (QED) is 0.759. The predicted octanol–water partition coefficient (Wildman–Crippen LogP) is 3.49. The number of furan rings is 1. The number of aromatic nitrogens is 1. The van der Waals surface area contributed by atoms with Crippen LogP contribution in [-0.2, 0) is 0 Å². The Morgan fingerprint density at radius 2 is 1.95 bits per heavy atom. The van der Waals surface area contributed by atoms with E-state index in [-0.39, 0.29) is 6.04 Å². The van der Waals surface area contributed by atoms with Crippen molar-refractivity contribution in [3.05, 3.63) is 65.2 Å². The molecule has 2 aromatic heterocycles. The van der Waals surface area contributed by atoms with Gasteiger partial charge in [-0.25, -0.2) is 0 Å². The Labute approximate surface area is 112 Å². The average Bonchev–Trinajstić information content (AvgIpc) is 2.81. The summed E-state index contributed by atoms with van der Waals surface area (Å²) in [6, 6.07) is 11.7. The molecule has 1 aromatic carbocycles. The second-order valence-corrected chi connectivity index (χ2v) is 4.88. The summed E-state index contributed by atoms with van der Waals surface area (Å²) < 4.78 is 5.80. The van der Waals surface area contributed by atoms with E-state index in [4.69, 9.17) is 10.2 Å². The van der Waals surface area contributed by atoms with Gasteiger partial charge >= 0.3 is 0 Å². The molecular formula is C16H16N2O. The van der Waals surface area contributed by atoms with E-state index < -0.39 is 0 Å². The number of nitrogens with zero attached hydrogens (tertiary/aromatic N) is 1. The Hall–Kier alpha value is -2.13. The number of hydrogen-bond donors (Lipinski definition) is 1. The lowest BCUT2D eigenvalue weighted by atomic mass is 10.1. The summed E-state index contributed by atoms with van der Waals surface area (Å²) in [7, 11) is 0. The van der Waals surface area contributed by atoms with Crippen molar-refractivity contribution < 1.29 is 4.42 Å². The van der Waals surface area contributed by atoms with Crippen LogP contribution in [0.15, 0.2) is 47.0 Å². The van der Waals surface area contributed by atoms with Gasteiger partial charge in [-0.2, -0.15) is 0 Å². The molecule has 19 heavy (non-hydrogen) atoms. The smallest absolute Gasteiger partial charge is 0.134 e. The molecule has 0 aliphatic rings. The van der Waals surface area contributed by atoms with Crippen molar-refractivity contribution in [2.45, 2.75) is 19.9 Å². The van der Waals surface area contributed by atoms with E-state index in [9.17, 15) is 0 Å². The molecule has 3 aromatic rings. The van der Waals surface area contributed by atoms with Crippen molar-refractivity contribution in [2.75, 3.05) is 0 Å². The van der Waals surface area contributed by atoms with E-state index in [1.54, 1.807) is 0 Å². The van der Waals surface area contributed by atoms with Gasteiger partial charge in [0.2, 0.25) is 0 Å². The Morgan fingerprint density at radius 3 is 2.68 bits per heavy atom. The summed E-state index contributed by atoms with van der Waals surface area (Å²) in [5, 5.41) is 1.07. The van der Waals surface area contributed by atoms with Gasteiger partial charge in [-0.15, -0.1) is 0 Å². The Morgan fingerprint density at radius 1 is 1.16 bits per heavy atom. The van der Waals surface area contributed by atoms with E-state index >= 15 is 0 Å². The molecule has 0 saturated heterocycles. The zero-order valence-electron chi connectivity index (χ0n) is 11.1. The fourth-order valence-electron chi connectivity index (χ4n) is 2.34. The van der Waals surface area contributed by atoms with E-state index in [2.05, 4.69) is 11.1 Å². The number of fused-ring (bicyclic) bond motifs is 1. The minimum atomic E-state index is -0.326. The van der Waals surface area contributed by atoms with Gasteiger partial charge < -0.3 is 10.2 Å². The normalized spacial score (nSPS) is 12.8. The standard InChI is InChI=1S/C16H16N2O/c1-10-7-11(2)16(18-9-10)15(17)14-8-12-5-3-4-6-13(12)19-14/h3-9,15H,17H2,1-2H3. The van der Waals surface area contributed by atoms with Crippen LogP contribution in [0.4, 0.5) is 0 Å². The third-order valence-corrected chi connectivity index (χ3v) is 3.30. The maximum Gasteiger partial charge on any atom is 0.134 e. The van der Waals surface area contributed by atoms with Crippen LogP contribution in [0.5, 0.6) is 0 Å². The molecule has 96 valence electrons. The highest BCUT2D eigenvalue weighted by Gasteiger charge is 2.17. The number of benzene rings is 1. The molecule has 3 nitrogen and oxygen atoms in total. The second kappa shape index (κ2) is 4.52. The van der Waals surface area contributed by atoms with E-state index in [0.29, 0.717) is 0 Å². The third kappa shape index (κ3) is 2.13. The minimum absolute atomic E-state index is 0.326. The van der Waals surface area contributed by atoms with Crippen LogP contribution < -0.4 is 5.73 Å². The molecular weight excluding hydrogens is 236 g/mol. The highest BCUT2D eigenvalue weighted by molar-refractivity contribution is 5.77. The Bertz CT molecular complexity index is 697. The first-order valence-corrected chi connectivity index (χ1v) is 6.32. The van der Waals surface area contributed by atoms with E-state index in [0.717, 1.165) is 33.6 Å². The topological polar surface area (TPSA) is 52.0 Å². The molecule has 3 heteroatoms. The lowest BCUT2D eigenvalue weighted by molar-refractivity contribution is 0.519. The zero-order valence-corrected chi connectivity index (χ0v) is 11.1. The lowest BCUT2D eigenvalue weighted by Crippen LogP contribution is -2.14. The summed E-state index contributed by atoms with van der Waals surface area (Å²) >= 11 is 0. The molecule has 0 spiro atoms. The van der Waals surface area contributed by atoms with Crippen LogP contribution in [0.2, 0.25) is 0 Å². The molecule has 0 radical (unpaired) electrons. The molecule has 1 unspecified atom stereocenters. The molecule has 3 rings (SSSR count). The van der Waals surface area contributed by atoms with Gasteiger partial charge in [-0.05, 0) is 37.1 Å². The fraction of sp³-hybridized carbons (Fsp3) is 0.188. The number of aryl methyl sites for hydroxylation is 2. The van der Waals surface area contributed by atoms with Crippen LogP contribution in [0.3, 0.4) is 0 Å². The summed E-state index contributed by atoms with van der Waals surface area (Å²) in [4.78, 5) is 4.44. The maximum absolute atomic E-state index is 6.27. The zero-order chi connectivity index (χ0) is 13.4. The maximum atomic E-state index is 6.27. The number of pyridine rings is 1. The first-order chi connectivity index (χ1) is 9.15. The molecule has 0 aliphatic carbocycles. The van der Waals surface area contributed by atoms with Crippen molar-refractivity contribution in [1.82, 2.24) is 4.98 Å². The highest BCUT2D eigenvalue weighted by Crippen LogP contribution is 2.27. The Balaban J connectivity index is 2.05. The van der Waals surface area contributed by atoms with Gasteiger partial charge in [0.25, 0.3) is 0 Å². The molecule has 2 N–H and O–H groups in total. The molecule has 0 bridgehead atoms. The predicted molar refractivity (Wildman–Crippen MR) is 76.0 cm³/mol. The van der Waals surface area contributed by atoms with Crippen molar-refractivity contribution in [3.63, 3.8) is 0 Å². The number of para-hydroxylation sites is 1.